The zero-order valence-electron chi connectivity index (χ0n) is 20.4. The van der Waals surface area contributed by atoms with Crippen molar-refractivity contribution in [2.24, 2.45) is 0 Å². The second-order valence-corrected chi connectivity index (χ2v) is 8.23. The first kappa shape index (κ1) is 26.6. The van der Waals surface area contributed by atoms with E-state index in [2.05, 4.69) is 15.0 Å². The molecule has 0 atom stereocenters. The first-order valence-corrected chi connectivity index (χ1v) is 11.3. The molecule has 38 heavy (non-hydrogen) atoms. The molecule has 2 heterocycles. The van der Waals surface area contributed by atoms with Crippen LogP contribution in [0, 0.1) is 19.7 Å². The number of carboxylic acids is 1. The van der Waals surface area contributed by atoms with Gasteiger partial charge in [-0.2, -0.15) is 23.1 Å². The first-order chi connectivity index (χ1) is 17.9. The summed E-state index contributed by atoms with van der Waals surface area (Å²) in [4.78, 5) is 23.4. The van der Waals surface area contributed by atoms with E-state index in [9.17, 15) is 22.4 Å². The number of oxazole rings is 1. The number of aromatic nitrogens is 3. The van der Waals surface area contributed by atoms with Gasteiger partial charge in [-0.3, -0.25) is 0 Å². The Morgan fingerprint density at radius 1 is 1.03 bits per heavy atom. The van der Waals surface area contributed by atoms with E-state index in [4.69, 9.17) is 23.7 Å². The zero-order valence-corrected chi connectivity index (χ0v) is 20.4. The van der Waals surface area contributed by atoms with Gasteiger partial charge in [-0.05, 0) is 55.7 Å². The molecule has 2 aromatic heterocycles. The zero-order chi connectivity index (χ0) is 27.6. The number of aliphatic carboxylic acids is 1. The number of ether oxygens (including phenoxy) is 3. The van der Waals surface area contributed by atoms with Crippen LogP contribution in [0.2, 0.25) is 0 Å². The number of alkyl halides is 3. The van der Waals surface area contributed by atoms with Crippen LogP contribution in [0.3, 0.4) is 0 Å². The molecule has 200 valence electrons. The van der Waals surface area contributed by atoms with Crippen molar-refractivity contribution in [3.8, 4) is 34.8 Å². The number of nitrogens with zero attached hydrogens (tertiary/aromatic N) is 3. The summed E-state index contributed by atoms with van der Waals surface area (Å²) in [5.41, 5.74) is 0.604. The maximum Gasteiger partial charge on any atom is 0.416 e. The minimum Gasteiger partial charge on any atom is -0.481 e. The summed E-state index contributed by atoms with van der Waals surface area (Å²) in [5.74, 6) is -2.25. The molecular formula is C25H21F4N3O6. The quantitative estimate of drug-likeness (QED) is 0.254. The number of hydrogen-bond donors (Lipinski definition) is 1. The van der Waals surface area contributed by atoms with Crippen LogP contribution in [0.25, 0.3) is 22.7 Å². The fraction of sp³-hybridized carbons (Fsp3) is 0.280. The molecule has 13 heteroatoms. The van der Waals surface area contributed by atoms with Gasteiger partial charge >= 0.3 is 18.2 Å². The van der Waals surface area contributed by atoms with Gasteiger partial charge in [0.15, 0.2) is 12.1 Å². The van der Waals surface area contributed by atoms with E-state index in [-0.39, 0.29) is 29.6 Å². The molecular weight excluding hydrogens is 514 g/mol. The van der Waals surface area contributed by atoms with Crippen LogP contribution in [0.4, 0.5) is 17.6 Å². The second-order valence-electron chi connectivity index (χ2n) is 8.23. The largest absolute Gasteiger partial charge is 0.481 e. The topological polar surface area (TPSA) is 117 Å². The van der Waals surface area contributed by atoms with Crippen LogP contribution in [0.1, 0.15) is 30.0 Å². The van der Waals surface area contributed by atoms with E-state index in [0.29, 0.717) is 41.0 Å². The predicted octanol–water partition coefficient (Wildman–Crippen LogP) is 6.10. The Morgan fingerprint density at radius 3 is 2.37 bits per heavy atom. The summed E-state index contributed by atoms with van der Waals surface area (Å²) in [7, 11) is 0. The van der Waals surface area contributed by atoms with E-state index < -0.39 is 41.9 Å². The second kappa shape index (κ2) is 10.5. The molecule has 0 aliphatic rings. The molecule has 0 unspecified atom stereocenters. The van der Waals surface area contributed by atoms with E-state index in [1.165, 1.54) is 0 Å². The summed E-state index contributed by atoms with van der Waals surface area (Å²) >= 11 is 0. The maximum absolute atomic E-state index is 13.8. The molecule has 0 saturated heterocycles. The summed E-state index contributed by atoms with van der Waals surface area (Å²) < 4.78 is 75.2. The third-order valence-electron chi connectivity index (χ3n) is 5.10. The predicted molar refractivity (Wildman–Crippen MR) is 125 cm³/mol. The van der Waals surface area contributed by atoms with Gasteiger partial charge in [0.25, 0.3) is 11.6 Å². The number of carboxylic acid groups (broad SMARTS) is 1. The number of rotatable bonds is 9. The van der Waals surface area contributed by atoms with Crippen molar-refractivity contribution in [3.05, 3.63) is 52.8 Å². The van der Waals surface area contributed by atoms with Gasteiger partial charge in [-0.15, -0.1) is 0 Å². The molecule has 0 bridgehead atoms. The first-order valence-electron chi connectivity index (χ1n) is 11.3. The highest BCUT2D eigenvalue weighted by molar-refractivity contribution is 5.78. The third-order valence-corrected chi connectivity index (χ3v) is 5.10. The number of hydrogen-bond acceptors (Lipinski definition) is 8. The average Bonchev–Trinajstić information content (AvgIpc) is 3.25. The highest BCUT2D eigenvalue weighted by Crippen LogP contribution is 2.36. The van der Waals surface area contributed by atoms with E-state index in [1.54, 1.807) is 26.0 Å². The van der Waals surface area contributed by atoms with Crippen LogP contribution in [0.15, 0.2) is 34.7 Å². The lowest BCUT2D eigenvalue weighted by molar-refractivity contribution is -0.139. The molecule has 1 N–H and O–H groups in total. The summed E-state index contributed by atoms with van der Waals surface area (Å²) in [6.07, 6.45) is -4.17. The van der Waals surface area contributed by atoms with Crippen molar-refractivity contribution < 1.29 is 46.1 Å². The Hall–Kier alpha value is -4.42. The Kier molecular flexibility index (Phi) is 7.37. The van der Waals surface area contributed by atoms with Gasteiger partial charge in [0, 0.05) is 11.6 Å². The smallest absolute Gasteiger partial charge is 0.416 e. The Balaban J connectivity index is 1.73. The minimum atomic E-state index is -4.79. The molecule has 4 rings (SSSR count). The minimum absolute atomic E-state index is 0.0378. The van der Waals surface area contributed by atoms with Gasteiger partial charge < -0.3 is 23.7 Å². The lowest BCUT2D eigenvalue weighted by atomic mass is 10.1. The lowest BCUT2D eigenvalue weighted by Gasteiger charge is -2.11. The van der Waals surface area contributed by atoms with Crippen LogP contribution in [0.5, 0.6) is 23.4 Å². The summed E-state index contributed by atoms with van der Waals surface area (Å²) in [6.45, 7) is 5.04. The van der Waals surface area contributed by atoms with Gasteiger partial charge in [-0.1, -0.05) is 6.92 Å². The van der Waals surface area contributed by atoms with Crippen molar-refractivity contribution in [1.29, 1.82) is 0 Å². The highest BCUT2D eigenvalue weighted by atomic mass is 19.4. The van der Waals surface area contributed by atoms with Crippen molar-refractivity contribution in [2.45, 2.75) is 33.4 Å². The third kappa shape index (κ3) is 5.93. The van der Waals surface area contributed by atoms with E-state index >= 15 is 0 Å². The number of halogens is 4. The molecule has 0 spiro atoms. The summed E-state index contributed by atoms with van der Waals surface area (Å²) in [6, 6.07) is 4.65. The fourth-order valence-electron chi connectivity index (χ4n) is 3.57. The lowest BCUT2D eigenvalue weighted by Crippen LogP contribution is -2.10. The molecule has 0 amide bonds. The summed E-state index contributed by atoms with van der Waals surface area (Å²) in [5, 5.41) is 8.88. The maximum atomic E-state index is 13.8. The highest BCUT2D eigenvalue weighted by Gasteiger charge is 2.32. The number of fused-ring (bicyclic) bond motifs is 1. The van der Waals surface area contributed by atoms with Crippen molar-refractivity contribution in [1.82, 2.24) is 15.0 Å². The van der Waals surface area contributed by atoms with Crippen LogP contribution in [-0.2, 0) is 11.0 Å². The van der Waals surface area contributed by atoms with Crippen molar-refractivity contribution >= 4 is 17.2 Å². The SMILES string of the molecule is CCCOc1nc(Oc2cc(F)cc(C(F)(F)F)c2)nc2oc(-c3cc(C)c(OCC(=O)O)c(C)c3)nc12. The molecule has 2 aromatic carbocycles. The van der Waals surface area contributed by atoms with Gasteiger partial charge in [0.05, 0.1) is 12.2 Å². The number of aryl methyl sites for hydroxylation is 2. The molecule has 0 fully saturated rings. The van der Waals surface area contributed by atoms with E-state index in [1.807, 2.05) is 6.92 Å². The van der Waals surface area contributed by atoms with Crippen molar-refractivity contribution in [3.63, 3.8) is 0 Å². The molecule has 0 saturated carbocycles. The standard InChI is InChI=1S/C25H21F4N3O6/c1-4-5-35-22-19-23(32-24(31-22)37-17-9-15(25(27,28)29)8-16(26)10-17)38-21(30-19)14-6-12(2)20(13(3)7-14)36-11-18(33)34/h6-10H,4-5,11H2,1-3H3,(H,33,34). The molecule has 4 aromatic rings. The van der Waals surface area contributed by atoms with Gasteiger partial charge in [0.2, 0.25) is 5.89 Å². The van der Waals surface area contributed by atoms with E-state index in [0.717, 1.165) is 6.07 Å². The van der Waals surface area contributed by atoms with Crippen molar-refractivity contribution in [2.75, 3.05) is 13.2 Å². The molecule has 0 aliphatic carbocycles. The number of benzene rings is 2. The normalized spacial score (nSPS) is 11.6. The van der Waals surface area contributed by atoms with Crippen LogP contribution < -0.4 is 14.2 Å². The Labute approximate surface area is 213 Å². The monoisotopic (exact) mass is 535 g/mol. The molecule has 0 aliphatic heterocycles. The number of carbonyl (C=O) groups is 1. The van der Waals surface area contributed by atoms with Crippen LogP contribution in [-0.4, -0.2) is 39.2 Å². The average molecular weight is 535 g/mol. The van der Waals surface area contributed by atoms with Gasteiger partial charge in [0.1, 0.15) is 17.3 Å². The van der Waals surface area contributed by atoms with Crippen LogP contribution >= 0.6 is 0 Å². The molecule has 9 nitrogen and oxygen atoms in total. The fourth-order valence-corrected chi connectivity index (χ4v) is 3.57. The van der Waals surface area contributed by atoms with Gasteiger partial charge in [-0.25, -0.2) is 14.2 Å². The Bertz CT molecular complexity index is 1480. The Morgan fingerprint density at radius 2 is 1.74 bits per heavy atom. The molecule has 0 radical (unpaired) electrons.